The molecule has 3 heterocycles. The number of alkyl halides is 3. The van der Waals surface area contributed by atoms with Crippen LogP contribution in [-0.4, -0.2) is 64.7 Å². The molecule has 0 aliphatic carbocycles. The number of aromatic nitrogens is 1. The number of hydrogen-bond donors (Lipinski definition) is 0. The van der Waals surface area contributed by atoms with Crippen LogP contribution in [0.4, 0.5) is 13.2 Å². The zero-order valence-electron chi connectivity index (χ0n) is 17.9. The van der Waals surface area contributed by atoms with Crippen molar-refractivity contribution < 1.29 is 22.7 Å². The number of carbonyl (C=O) groups excluding carboxylic acids is 1. The normalized spacial score (nSPS) is 21.2. The monoisotopic (exact) mass is 435 g/mol. The molecule has 8 heteroatoms. The van der Waals surface area contributed by atoms with Crippen LogP contribution in [-0.2, 0) is 0 Å². The van der Waals surface area contributed by atoms with Crippen LogP contribution in [0.2, 0.25) is 0 Å². The highest BCUT2D eigenvalue weighted by Gasteiger charge is 2.48. The highest BCUT2D eigenvalue weighted by atomic mass is 19.4. The first-order valence-corrected chi connectivity index (χ1v) is 10.9. The van der Waals surface area contributed by atoms with Crippen LogP contribution in [0.1, 0.15) is 50.0 Å². The van der Waals surface area contributed by atoms with Gasteiger partial charge in [-0.3, -0.25) is 4.79 Å². The van der Waals surface area contributed by atoms with Crippen LogP contribution >= 0.6 is 0 Å². The summed E-state index contributed by atoms with van der Waals surface area (Å²) in [6.07, 6.45) is -2.31. The Hall–Kier alpha value is -2.35. The molecule has 1 atom stereocenters. The lowest BCUT2D eigenvalue weighted by Gasteiger charge is -2.34. The Morgan fingerprint density at radius 2 is 1.84 bits per heavy atom. The second kappa shape index (κ2) is 8.65. The molecular weight excluding hydrogens is 407 g/mol. The van der Waals surface area contributed by atoms with E-state index in [1.54, 1.807) is 6.07 Å². The summed E-state index contributed by atoms with van der Waals surface area (Å²) in [4.78, 5) is 20.6. The first kappa shape index (κ1) is 21.9. The summed E-state index contributed by atoms with van der Waals surface area (Å²) in [7, 11) is 0. The van der Waals surface area contributed by atoms with Crippen molar-refractivity contribution in [3.05, 3.63) is 36.0 Å². The molecule has 31 heavy (non-hydrogen) atoms. The van der Waals surface area contributed by atoms with Crippen LogP contribution < -0.4 is 4.74 Å². The molecule has 2 aliphatic heterocycles. The molecule has 1 aromatic carbocycles. The third kappa shape index (κ3) is 4.63. The van der Waals surface area contributed by atoms with Crippen molar-refractivity contribution in [2.24, 2.45) is 0 Å². The number of likely N-dealkylation sites (tertiary alicyclic amines) is 2. The third-order valence-corrected chi connectivity index (χ3v) is 6.29. The maximum Gasteiger partial charge on any atom is 0.408 e. The van der Waals surface area contributed by atoms with Crippen molar-refractivity contribution in [3.63, 3.8) is 0 Å². The lowest BCUT2D eigenvalue weighted by atomic mass is 10.1. The molecule has 0 saturated carbocycles. The fourth-order valence-corrected chi connectivity index (χ4v) is 4.52. The van der Waals surface area contributed by atoms with E-state index in [9.17, 15) is 18.0 Å². The molecule has 2 fully saturated rings. The van der Waals surface area contributed by atoms with E-state index in [1.165, 1.54) is 6.07 Å². The van der Waals surface area contributed by atoms with Gasteiger partial charge in [-0.05, 0) is 51.7 Å². The van der Waals surface area contributed by atoms with E-state index in [2.05, 4.69) is 23.7 Å². The highest BCUT2D eigenvalue weighted by molar-refractivity contribution is 5.96. The van der Waals surface area contributed by atoms with Gasteiger partial charge in [0.1, 0.15) is 29.1 Å². The topological polar surface area (TPSA) is 45.7 Å². The molecule has 0 spiro atoms. The van der Waals surface area contributed by atoms with Gasteiger partial charge in [-0.1, -0.05) is 18.2 Å². The fourth-order valence-electron chi connectivity index (χ4n) is 4.52. The van der Waals surface area contributed by atoms with Gasteiger partial charge in [0.05, 0.1) is 0 Å². The number of hydrogen-bond acceptors (Lipinski definition) is 4. The van der Waals surface area contributed by atoms with Crippen LogP contribution in [0.15, 0.2) is 30.3 Å². The number of fused-ring (bicyclic) bond motifs is 1. The van der Waals surface area contributed by atoms with Gasteiger partial charge < -0.3 is 14.5 Å². The Morgan fingerprint density at radius 3 is 2.52 bits per heavy atom. The number of benzene rings is 1. The quantitative estimate of drug-likeness (QED) is 0.701. The minimum absolute atomic E-state index is 0.0225. The Bertz CT molecular complexity index is 939. The van der Waals surface area contributed by atoms with Gasteiger partial charge in [-0.2, -0.15) is 13.2 Å². The number of halogens is 3. The summed E-state index contributed by atoms with van der Waals surface area (Å²) < 4.78 is 46.2. The van der Waals surface area contributed by atoms with E-state index in [-0.39, 0.29) is 24.8 Å². The molecule has 1 amide bonds. The molecule has 0 bridgehead atoms. The van der Waals surface area contributed by atoms with E-state index >= 15 is 0 Å². The van der Waals surface area contributed by atoms with Gasteiger partial charge in [0.2, 0.25) is 0 Å². The summed E-state index contributed by atoms with van der Waals surface area (Å²) in [6.45, 7) is 6.36. The molecule has 2 saturated heterocycles. The highest BCUT2D eigenvalue weighted by Crippen LogP contribution is 2.34. The number of nitrogens with zero attached hydrogens (tertiary/aromatic N) is 3. The molecule has 1 aromatic heterocycles. The molecule has 4 rings (SSSR count). The molecule has 5 nitrogen and oxygen atoms in total. The summed E-state index contributed by atoms with van der Waals surface area (Å²) in [5.74, 6) is -0.106. The Morgan fingerprint density at radius 1 is 1.10 bits per heavy atom. The maximum atomic E-state index is 13.3. The number of piperidine rings is 1. The number of amides is 1. The molecule has 0 radical (unpaired) electrons. The predicted molar refractivity (Wildman–Crippen MR) is 112 cm³/mol. The van der Waals surface area contributed by atoms with Crippen molar-refractivity contribution in [2.75, 3.05) is 19.6 Å². The summed E-state index contributed by atoms with van der Waals surface area (Å²) >= 11 is 0. The second-order valence-corrected chi connectivity index (χ2v) is 8.67. The number of ether oxygens (including phenoxy) is 1. The van der Waals surface area contributed by atoms with Gasteiger partial charge in [0.25, 0.3) is 5.91 Å². The van der Waals surface area contributed by atoms with E-state index < -0.39 is 18.1 Å². The Kier molecular flexibility index (Phi) is 6.10. The first-order valence-electron chi connectivity index (χ1n) is 10.9. The van der Waals surface area contributed by atoms with E-state index in [1.807, 2.05) is 18.2 Å². The number of carbonyl (C=O) groups is 1. The molecule has 168 valence electrons. The van der Waals surface area contributed by atoms with Crippen molar-refractivity contribution >= 4 is 16.8 Å². The first-order chi connectivity index (χ1) is 14.7. The Balaban J connectivity index is 1.56. The predicted octanol–water partition coefficient (Wildman–Crippen LogP) is 4.65. The van der Waals surface area contributed by atoms with E-state index in [4.69, 9.17) is 4.74 Å². The third-order valence-electron chi connectivity index (χ3n) is 6.29. The minimum Gasteiger partial charge on any atom is -0.488 e. The molecule has 2 aliphatic rings. The number of para-hydroxylation sites is 1. The number of pyridine rings is 1. The lowest BCUT2D eigenvalue weighted by Crippen LogP contribution is -2.44. The average molecular weight is 435 g/mol. The molecule has 0 N–H and O–H groups in total. The van der Waals surface area contributed by atoms with Crippen molar-refractivity contribution in [3.8, 4) is 5.75 Å². The van der Waals surface area contributed by atoms with Crippen LogP contribution in [0, 0.1) is 0 Å². The Labute approximate surface area is 180 Å². The SMILES string of the molecule is CC(C)N1CCC(Oc2cccc3ccc(C(=O)N4CCCC4C(F)(F)F)nc23)CC1. The van der Waals surface area contributed by atoms with Crippen LogP contribution in [0.25, 0.3) is 10.9 Å². The zero-order valence-corrected chi connectivity index (χ0v) is 17.9. The van der Waals surface area contributed by atoms with Gasteiger partial charge in [0, 0.05) is 31.1 Å². The minimum atomic E-state index is -4.43. The van der Waals surface area contributed by atoms with Gasteiger partial charge in [0.15, 0.2) is 0 Å². The van der Waals surface area contributed by atoms with E-state index in [0.717, 1.165) is 36.2 Å². The average Bonchev–Trinajstić information content (AvgIpc) is 3.24. The van der Waals surface area contributed by atoms with Crippen molar-refractivity contribution in [2.45, 2.75) is 63.9 Å². The summed E-state index contributed by atoms with van der Waals surface area (Å²) in [6, 6.07) is 7.52. The van der Waals surface area contributed by atoms with Crippen molar-refractivity contribution in [1.29, 1.82) is 0 Å². The van der Waals surface area contributed by atoms with Gasteiger partial charge in [-0.15, -0.1) is 0 Å². The largest absolute Gasteiger partial charge is 0.488 e. The standard InChI is InChI=1S/C23H28F3N3O2/c1-15(2)28-13-10-17(11-14-28)31-19-6-3-5-16-8-9-18(27-21(16)19)22(30)29-12-4-7-20(29)23(24,25)26/h3,5-6,8-9,15,17,20H,4,7,10-14H2,1-2H3. The molecule has 2 aromatic rings. The van der Waals surface area contributed by atoms with Crippen molar-refractivity contribution in [1.82, 2.24) is 14.8 Å². The number of rotatable bonds is 4. The van der Waals surface area contributed by atoms with Gasteiger partial charge in [-0.25, -0.2) is 4.98 Å². The smallest absolute Gasteiger partial charge is 0.408 e. The fraction of sp³-hybridized carbons (Fsp3) is 0.565. The second-order valence-electron chi connectivity index (χ2n) is 8.67. The van der Waals surface area contributed by atoms with Gasteiger partial charge >= 0.3 is 6.18 Å². The summed E-state index contributed by atoms with van der Waals surface area (Å²) in [5, 5.41) is 0.794. The van der Waals surface area contributed by atoms with E-state index in [0.29, 0.717) is 23.7 Å². The molecule has 1 unspecified atom stereocenters. The molecular formula is C23H28F3N3O2. The van der Waals surface area contributed by atoms with Crippen LogP contribution in [0.3, 0.4) is 0 Å². The lowest BCUT2D eigenvalue weighted by molar-refractivity contribution is -0.169. The summed E-state index contributed by atoms with van der Waals surface area (Å²) in [5.41, 5.74) is 0.539. The zero-order chi connectivity index (χ0) is 22.2. The maximum absolute atomic E-state index is 13.3. The van der Waals surface area contributed by atoms with Crippen LogP contribution in [0.5, 0.6) is 5.75 Å².